The summed E-state index contributed by atoms with van der Waals surface area (Å²) in [4.78, 5) is 15.5. The van der Waals surface area contributed by atoms with Gasteiger partial charge in [-0.3, -0.25) is 4.79 Å². The number of rotatable bonds is 8. The van der Waals surface area contributed by atoms with Crippen molar-refractivity contribution in [1.82, 2.24) is 10.2 Å². The standard InChI is InChI=1S/C36H36ClF2N3O4S/c37-28-12-7-23(8-13-28)22-5-10-27(11-6-22)36(38,39)34(35(43)42-20-25-18-41-19-26(25)21-42)33-31-15-14-30(46-29-3-1-2-4-29)17-24(31)9-16-32(33)47(40,44)45/h5-17,25-26,29,34,41H,1-4,18-21H2,(H2,40,44,45)/t25-,26+,34-/m0/s1. The highest BCUT2D eigenvalue weighted by Crippen LogP contribution is 2.49. The monoisotopic (exact) mass is 679 g/mol. The van der Waals surface area contributed by atoms with E-state index in [4.69, 9.17) is 21.5 Å². The van der Waals surface area contributed by atoms with Crippen LogP contribution in [0, 0.1) is 11.8 Å². The predicted octanol–water partition coefficient (Wildman–Crippen LogP) is 6.68. The van der Waals surface area contributed by atoms with Crippen molar-refractivity contribution in [1.29, 1.82) is 0 Å². The summed E-state index contributed by atoms with van der Waals surface area (Å²) >= 11 is 6.03. The molecule has 2 heterocycles. The summed E-state index contributed by atoms with van der Waals surface area (Å²) in [5.74, 6) is -5.94. The van der Waals surface area contributed by atoms with Crippen LogP contribution in [-0.2, 0) is 20.7 Å². The van der Waals surface area contributed by atoms with Crippen LogP contribution in [0.3, 0.4) is 0 Å². The predicted molar refractivity (Wildman–Crippen MR) is 178 cm³/mol. The van der Waals surface area contributed by atoms with E-state index in [1.165, 1.54) is 29.2 Å². The highest BCUT2D eigenvalue weighted by molar-refractivity contribution is 7.89. The van der Waals surface area contributed by atoms with Crippen molar-refractivity contribution in [2.75, 3.05) is 26.2 Å². The molecule has 0 bridgehead atoms. The zero-order valence-corrected chi connectivity index (χ0v) is 27.2. The van der Waals surface area contributed by atoms with E-state index in [0.29, 0.717) is 47.9 Å². The van der Waals surface area contributed by atoms with Crippen molar-refractivity contribution >= 4 is 38.3 Å². The van der Waals surface area contributed by atoms with Crippen LogP contribution in [0.25, 0.3) is 21.9 Å². The van der Waals surface area contributed by atoms with E-state index in [-0.39, 0.29) is 28.9 Å². The number of ether oxygens (including phenoxy) is 1. The fraction of sp³-hybridized carbons (Fsp3) is 0.361. The van der Waals surface area contributed by atoms with Gasteiger partial charge in [-0.05, 0) is 95.3 Å². The van der Waals surface area contributed by atoms with E-state index in [9.17, 15) is 13.2 Å². The Morgan fingerprint density at radius 2 is 1.53 bits per heavy atom. The number of benzene rings is 4. The number of nitrogens with two attached hydrogens (primary N) is 1. The molecule has 0 radical (unpaired) electrons. The topological polar surface area (TPSA) is 102 Å². The molecule has 0 spiro atoms. The molecule has 4 aromatic carbocycles. The van der Waals surface area contributed by atoms with E-state index >= 15 is 8.78 Å². The zero-order valence-electron chi connectivity index (χ0n) is 25.7. The van der Waals surface area contributed by atoms with Gasteiger partial charge in [-0.15, -0.1) is 0 Å². The Morgan fingerprint density at radius 1 is 0.915 bits per heavy atom. The molecule has 0 unspecified atom stereocenters. The van der Waals surface area contributed by atoms with Gasteiger partial charge >= 0.3 is 0 Å². The first-order valence-corrected chi connectivity index (χ1v) is 17.9. The molecule has 2 aliphatic heterocycles. The fourth-order valence-electron chi connectivity index (χ4n) is 7.50. The highest BCUT2D eigenvalue weighted by atomic mass is 35.5. The Balaban J connectivity index is 1.36. The lowest BCUT2D eigenvalue weighted by Crippen LogP contribution is -2.42. The number of amides is 1. The van der Waals surface area contributed by atoms with Gasteiger partial charge in [0, 0.05) is 36.8 Å². The van der Waals surface area contributed by atoms with Crippen LogP contribution < -0.4 is 15.2 Å². The molecular weight excluding hydrogens is 644 g/mol. The number of carbonyl (C=O) groups excluding carboxylic acids is 1. The number of hydrogen-bond acceptors (Lipinski definition) is 5. The maximum atomic E-state index is 17.2. The normalized spacial score (nSPS) is 20.9. The molecule has 3 atom stereocenters. The summed E-state index contributed by atoms with van der Waals surface area (Å²) in [6.45, 7) is 2.02. The third-order valence-corrected chi connectivity index (χ3v) is 11.2. The number of primary sulfonamides is 1. The number of likely N-dealkylation sites (tertiary alicyclic amines) is 1. The van der Waals surface area contributed by atoms with Gasteiger partial charge in [0.1, 0.15) is 11.7 Å². The van der Waals surface area contributed by atoms with Crippen molar-refractivity contribution in [2.24, 2.45) is 17.0 Å². The first-order valence-electron chi connectivity index (χ1n) is 16.0. The number of halogens is 3. The van der Waals surface area contributed by atoms with Crippen LogP contribution in [0.15, 0.2) is 83.8 Å². The number of alkyl halides is 2. The van der Waals surface area contributed by atoms with Crippen molar-refractivity contribution in [2.45, 2.75) is 48.5 Å². The van der Waals surface area contributed by atoms with Crippen LogP contribution in [0.5, 0.6) is 5.75 Å². The molecule has 1 saturated carbocycles. The van der Waals surface area contributed by atoms with Crippen LogP contribution >= 0.6 is 11.6 Å². The van der Waals surface area contributed by atoms with Gasteiger partial charge in [-0.25, -0.2) is 22.3 Å². The van der Waals surface area contributed by atoms with Crippen LogP contribution in [-0.4, -0.2) is 51.5 Å². The number of nitrogens with zero attached hydrogens (tertiary/aromatic N) is 1. The van der Waals surface area contributed by atoms with Gasteiger partial charge in [0.25, 0.3) is 5.92 Å². The smallest absolute Gasteiger partial charge is 0.288 e. The van der Waals surface area contributed by atoms with E-state index in [1.54, 1.807) is 54.6 Å². The summed E-state index contributed by atoms with van der Waals surface area (Å²) in [5.41, 5.74) is 0.766. The molecule has 7 rings (SSSR count). The Morgan fingerprint density at radius 3 is 2.15 bits per heavy atom. The first-order chi connectivity index (χ1) is 22.5. The Hall–Kier alpha value is -3.57. The molecule has 1 aliphatic carbocycles. The number of sulfonamides is 1. The molecule has 0 aromatic heterocycles. The second kappa shape index (κ2) is 12.5. The average Bonchev–Trinajstić information content (AvgIpc) is 3.80. The van der Waals surface area contributed by atoms with E-state index in [0.717, 1.165) is 31.2 Å². The molecule has 2 saturated heterocycles. The van der Waals surface area contributed by atoms with Gasteiger partial charge in [0.05, 0.1) is 11.0 Å². The Labute approximate surface area is 278 Å². The number of nitrogens with one attached hydrogen (secondary N) is 1. The lowest BCUT2D eigenvalue weighted by molar-refractivity contribution is -0.143. The van der Waals surface area contributed by atoms with Crippen LogP contribution in [0.1, 0.15) is 42.7 Å². The maximum Gasteiger partial charge on any atom is 0.288 e. The zero-order chi connectivity index (χ0) is 32.9. The van der Waals surface area contributed by atoms with Gasteiger partial charge in [-0.2, -0.15) is 0 Å². The molecule has 7 nitrogen and oxygen atoms in total. The van der Waals surface area contributed by atoms with Gasteiger partial charge in [0.2, 0.25) is 15.9 Å². The molecule has 246 valence electrons. The van der Waals surface area contributed by atoms with Crippen molar-refractivity contribution in [3.05, 3.63) is 95.0 Å². The summed E-state index contributed by atoms with van der Waals surface area (Å²) in [6.07, 6.45) is 4.08. The SMILES string of the molecule is NS(=O)(=O)c1ccc2cc(OC3CCCC3)ccc2c1[C@@H](C(=O)N1C[C@H]2CNC[C@H]2C1)C(F)(F)c1ccc(-c2ccc(Cl)cc2)cc1. The van der Waals surface area contributed by atoms with Crippen LogP contribution in [0.4, 0.5) is 8.78 Å². The summed E-state index contributed by atoms with van der Waals surface area (Å²) in [5, 5.41) is 10.2. The van der Waals surface area contributed by atoms with Crippen LogP contribution in [0.2, 0.25) is 5.02 Å². The fourth-order valence-corrected chi connectivity index (χ4v) is 8.42. The molecule has 3 fully saturated rings. The quantitative estimate of drug-likeness (QED) is 0.216. The summed E-state index contributed by atoms with van der Waals surface area (Å²) in [6, 6.07) is 20.5. The number of carbonyl (C=O) groups is 1. The summed E-state index contributed by atoms with van der Waals surface area (Å²) in [7, 11) is -4.52. The minimum Gasteiger partial charge on any atom is -0.490 e. The van der Waals surface area contributed by atoms with Gasteiger partial charge in [0.15, 0.2) is 0 Å². The maximum absolute atomic E-state index is 17.2. The third-order valence-electron chi connectivity index (χ3n) is 9.95. The van der Waals surface area contributed by atoms with E-state index < -0.39 is 38.2 Å². The van der Waals surface area contributed by atoms with Crippen molar-refractivity contribution in [3.8, 4) is 16.9 Å². The largest absolute Gasteiger partial charge is 0.490 e. The second-order valence-electron chi connectivity index (χ2n) is 13.0. The number of fused-ring (bicyclic) bond motifs is 2. The summed E-state index contributed by atoms with van der Waals surface area (Å²) < 4.78 is 66.7. The molecule has 3 N–H and O–H groups in total. The van der Waals surface area contributed by atoms with Gasteiger partial charge in [-0.1, -0.05) is 60.1 Å². The Kier molecular flexibility index (Phi) is 8.49. The third kappa shape index (κ3) is 6.24. The molecule has 1 amide bonds. The molecular formula is C36H36ClF2N3O4S. The van der Waals surface area contributed by atoms with Crippen molar-refractivity contribution < 1.29 is 26.7 Å². The molecule has 11 heteroatoms. The first kappa shape index (κ1) is 32.0. The molecule has 3 aliphatic rings. The number of hydrogen-bond donors (Lipinski definition) is 2. The minimum atomic E-state index is -4.52. The van der Waals surface area contributed by atoms with E-state index in [2.05, 4.69) is 5.32 Å². The second-order valence-corrected chi connectivity index (χ2v) is 15.0. The lowest BCUT2D eigenvalue weighted by Gasteiger charge is -2.32. The van der Waals surface area contributed by atoms with Gasteiger partial charge < -0.3 is 15.0 Å². The average molecular weight is 680 g/mol. The minimum absolute atomic E-state index is 0.0641. The lowest BCUT2D eigenvalue weighted by atomic mass is 9.83. The van der Waals surface area contributed by atoms with Crippen molar-refractivity contribution in [3.63, 3.8) is 0 Å². The highest BCUT2D eigenvalue weighted by Gasteiger charge is 2.52. The molecule has 47 heavy (non-hydrogen) atoms. The van der Waals surface area contributed by atoms with E-state index in [1.807, 2.05) is 0 Å². The molecule has 4 aromatic rings. The Bertz CT molecular complexity index is 1900.